The first-order valence-corrected chi connectivity index (χ1v) is 7.90. The molecule has 0 spiro atoms. The van der Waals surface area contributed by atoms with Gasteiger partial charge in [-0.1, -0.05) is 19.1 Å². The van der Waals surface area contributed by atoms with E-state index >= 15 is 0 Å². The highest BCUT2D eigenvalue weighted by Gasteiger charge is 2.24. The average molecular weight is 280 g/mol. The SMILES string of the molecule is COc1ccc(C(CN)N2CCSC(C)C2)cc1C. The smallest absolute Gasteiger partial charge is 0.121 e. The number of benzene rings is 1. The summed E-state index contributed by atoms with van der Waals surface area (Å²) in [5.74, 6) is 2.15. The highest BCUT2D eigenvalue weighted by molar-refractivity contribution is 7.99. The molecule has 2 unspecified atom stereocenters. The van der Waals surface area contributed by atoms with Crippen LogP contribution in [0.15, 0.2) is 18.2 Å². The van der Waals surface area contributed by atoms with Crippen LogP contribution in [-0.2, 0) is 0 Å². The molecular formula is C15H24N2OS. The molecule has 0 radical (unpaired) electrons. The number of nitrogens with zero attached hydrogens (tertiary/aromatic N) is 1. The first kappa shape index (κ1) is 14.7. The standard InChI is InChI=1S/C15H24N2OS/c1-11-8-13(4-5-15(11)18-3)14(9-16)17-6-7-19-12(2)10-17/h4-5,8,12,14H,6-7,9-10,16H2,1-3H3. The summed E-state index contributed by atoms with van der Waals surface area (Å²) >= 11 is 2.05. The van der Waals surface area contributed by atoms with Crippen LogP contribution in [0.5, 0.6) is 5.75 Å². The number of thioether (sulfide) groups is 1. The summed E-state index contributed by atoms with van der Waals surface area (Å²) < 4.78 is 5.33. The fourth-order valence-electron chi connectivity index (χ4n) is 2.73. The van der Waals surface area contributed by atoms with Crippen LogP contribution in [0.25, 0.3) is 0 Å². The van der Waals surface area contributed by atoms with Crippen molar-refractivity contribution in [2.45, 2.75) is 25.1 Å². The molecule has 19 heavy (non-hydrogen) atoms. The van der Waals surface area contributed by atoms with Gasteiger partial charge in [-0.15, -0.1) is 0 Å². The van der Waals surface area contributed by atoms with Crippen molar-refractivity contribution in [2.75, 3.05) is 32.5 Å². The average Bonchev–Trinajstić information content (AvgIpc) is 2.40. The third kappa shape index (κ3) is 3.44. The molecule has 1 fully saturated rings. The third-order valence-electron chi connectivity index (χ3n) is 3.74. The molecule has 1 aliphatic heterocycles. The molecule has 1 saturated heterocycles. The Labute approximate surface area is 120 Å². The normalized spacial score (nSPS) is 22.2. The Bertz CT molecular complexity index is 425. The topological polar surface area (TPSA) is 38.5 Å². The minimum absolute atomic E-state index is 0.327. The molecule has 2 rings (SSSR count). The number of methoxy groups -OCH3 is 1. The molecule has 0 aromatic heterocycles. The zero-order valence-electron chi connectivity index (χ0n) is 12.1. The van der Waals surface area contributed by atoms with E-state index < -0.39 is 0 Å². The summed E-state index contributed by atoms with van der Waals surface area (Å²) in [4.78, 5) is 2.52. The third-order valence-corrected chi connectivity index (χ3v) is 4.88. The van der Waals surface area contributed by atoms with E-state index in [4.69, 9.17) is 10.5 Å². The lowest BCUT2D eigenvalue weighted by atomic mass is 10.0. The fraction of sp³-hybridized carbons (Fsp3) is 0.600. The molecule has 0 saturated carbocycles. The summed E-state index contributed by atoms with van der Waals surface area (Å²) in [6, 6.07) is 6.74. The van der Waals surface area contributed by atoms with E-state index in [0.29, 0.717) is 17.8 Å². The van der Waals surface area contributed by atoms with Gasteiger partial charge in [-0.05, 0) is 24.1 Å². The summed E-state index contributed by atoms with van der Waals surface area (Å²) in [5, 5.41) is 0.696. The summed E-state index contributed by atoms with van der Waals surface area (Å²) in [7, 11) is 1.71. The Kier molecular flexibility index (Phi) is 5.13. The van der Waals surface area contributed by atoms with E-state index in [1.54, 1.807) is 7.11 Å². The van der Waals surface area contributed by atoms with Gasteiger partial charge in [0.1, 0.15) is 5.75 Å². The molecule has 1 aromatic carbocycles. The molecule has 4 heteroatoms. The molecule has 3 nitrogen and oxygen atoms in total. The maximum absolute atomic E-state index is 6.02. The van der Waals surface area contributed by atoms with Gasteiger partial charge in [0.25, 0.3) is 0 Å². The van der Waals surface area contributed by atoms with Crippen molar-refractivity contribution >= 4 is 11.8 Å². The molecular weight excluding hydrogens is 256 g/mol. The fourth-order valence-corrected chi connectivity index (χ4v) is 3.77. The Morgan fingerprint density at radius 1 is 1.53 bits per heavy atom. The van der Waals surface area contributed by atoms with Gasteiger partial charge in [0.2, 0.25) is 0 Å². The molecule has 1 heterocycles. The van der Waals surface area contributed by atoms with E-state index in [-0.39, 0.29) is 0 Å². The van der Waals surface area contributed by atoms with E-state index in [1.807, 2.05) is 0 Å². The molecule has 0 aliphatic carbocycles. The minimum atomic E-state index is 0.327. The van der Waals surface area contributed by atoms with Crippen LogP contribution < -0.4 is 10.5 Å². The molecule has 106 valence electrons. The van der Waals surface area contributed by atoms with E-state index in [2.05, 4.69) is 48.7 Å². The van der Waals surface area contributed by atoms with Gasteiger partial charge >= 0.3 is 0 Å². The minimum Gasteiger partial charge on any atom is -0.496 e. The molecule has 0 bridgehead atoms. The number of aryl methyl sites for hydroxylation is 1. The van der Waals surface area contributed by atoms with Gasteiger partial charge in [-0.3, -0.25) is 4.90 Å². The number of ether oxygens (including phenoxy) is 1. The maximum atomic E-state index is 6.02. The van der Waals surface area contributed by atoms with Crippen LogP contribution in [0, 0.1) is 6.92 Å². The van der Waals surface area contributed by atoms with Crippen LogP contribution in [0.3, 0.4) is 0 Å². The lowest BCUT2D eigenvalue weighted by Gasteiger charge is -2.36. The summed E-state index contributed by atoms with van der Waals surface area (Å²) in [5.41, 5.74) is 8.51. The van der Waals surface area contributed by atoms with Crippen molar-refractivity contribution in [3.05, 3.63) is 29.3 Å². The highest BCUT2D eigenvalue weighted by atomic mass is 32.2. The van der Waals surface area contributed by atoms with Crippen molar-refractivity contribution in [2.24, 2.45) is 5.73 Å². The van der Waals surface area contributed by atoms with E-state index in [1.165, 1.54) is 16.9 Å². The highest BCUT2D eigenvalue weighted by Crippen LogP contribution is 2.29. The van der Waals surface area contributed by atoms with Crippen molar-refractivity contribution in [1.29, 1.82) is 0 Å². The quantitative estimate of drug-likeness (QED) is 0.919. The lowest BCUT2D eigenvalue weighted by Crippen LogP contribution is -2.42. The van der Waals surface area contributed by atoms with Crippen molar-refractivity contribution in [3.63, 3.8) is 0 Å². The Balaban J connectivity index is 2.19. The van der Waals surface area contributed by atoms with Gasteiger partial charge in [-0.2, -0.15) is 11.8 Å². The van der Waals surface area contributed by atoms with E-state index in [0.717, 1.165) is 18.8 Å². The molecule has 2 atom stereocenters. The lowest BCUT2D eigenvalue weighted by molar-refractivity contribution is 0.211. The first-order valence-electron chi connectivity index (χ1n) is 6.86. The van der Waals surface area contributed by atoms with Gasteiger partial charge < -0.3 is 10.5 Å². The first-order chi connectivity index (χ1) is 9.15. The van der Waals surface area contributed by atoms with Crippen molar-refractivity contribution < 1.29 is 4.74 Å². The predicted molar refractivity (Wildman–Crippen MR) is 83.0 cm³/mol. The molecule has 0 amide bonds. The number of hydrogen-bond acceptors (Lipinski definition) is 4. The summed E-state index contributed by atoms with van der Waals surface area (Å²) in [6.07, 6.45) is 0. The van der Waals surface area contributed by atoms with Gasteiger partial charge in [-0.25, -0.2) is 0 Å². The largest absolute Gasteiger partial charge is 0.496 e. The predicted octanol–water partition coefficient (Wildman–Crippen LogP) is 2.44. The zero-order chi connectivity index (χ0) is 13.8. The van der Waals surface area contributed by atoms with Crippen LogP contribution in [0.2, 0.25) is 0 Å². The van der Waals surface area contributed by atoms with Crippen LogP contribution in [-0.4, -0.2) is 42.6 Å². The van der Waals surface area contributed by atoms with Crippen molar-refractivity contribution in [3.8, 4) is 5.75 Å². The zero-order valence-corrected chi connectivity index (χ0v) is 12.9. The van der Waals surface area contributed by atoms with Gasteiger partial charge in [0, 0.05) is 36.7 Å². The van der Waals surface area contributed by atoms with Crippen LogP contribution >= 0.6 is 11.8 Å². The number of nitrogens with two attached hydrogens (primary N) is 1. The Morgan fingerprint density at radius 2 is 2.32 bits per heavy atom. The maximum Gasteiger partial charge on any atom is 0.121 e. The van der Waals surface area contributed by atoms with Crippen molar-refractivity contribution in [1.82, 2.24) is 4.90 Å². The van der Waals surface area contributed by atoms with Crippen LogP contribution in [0.1, 0.15) is 24.1 Å². The van der Waals surface area contributed by atoms with Crippen LogP contribution in [0.4, 0.5) is 0 Å². The number of rotatable bonds is 4. The molecule has 1 aromatic rings. The number of hydrogen-bond donors (Lipinski definition) is 1. The van der Waals surface area contributed by atoms with Gasteiger partial charge in [0.15, 0.2) is 0 Å². The summed E-state index contributed by atoms with van der Waals surface area (Å²) in [6.45, 7) is 7.30. The van der Waals surface area contributed by atoms with E-state index in [9.17, 15) is 0 Å². The second kappa shape index (κ2) is 6.64. The van der Waals surface area contributed by atoms with Gasteiger partial charge in [0.05, 0.1) is 7.11 Å². The molecule has 1 aliphatic rings. The monoisotopic (exact) mass is 280 g/mol. The Hall–Kier alpha value is -0.710. The molecule has 2 N–H and O–H groups in total. The second-order valence-corrected chi connectivity index (χ2v) is 6.70. The second-order valence-electron chi connectivity index (χ2n) is 5.16. The Morgan fingerprint density at radius 3 is 2.89 bits per heavy atom.